The van der Waals surface area contributed by atoms with Crippen LogP contribution in [0.2, 0.25) is 10.0 Å². The summed E-state index contributed by atoms with van der Waals surface area (Å²) in [7, 11) is 0. The third-order valence-electron chi connectivity index (χ3n) is 2.56. The molecule has 0 heterocycles. The number of amides is 1. The van der Waals surface area contributed by atoms with Crippen LogP contribution in [-0.4, -0.2) is 30.0 Å². The van der Waals surface area contributed by atoms with E-state index in [0.29, 0.717) is 28.9 Å². The summed E-state index contributed by atoms with van der Waals surface area (Å²) in [6.07, 6.45) is 2.65. The van der Waals surface area contributed by atoms with Crippen LogP contribution in [0.15, 0.2) is 43.5 Å². The van der Waals surface area contributed by atoms with Crippen molar-refractivity contribution in [3.63, 3.8) is 0 Å². The Morgan fingerprint density at radius 3 is 2.45 bits per heavy atom. The summed E-state index contributed by atoms with van der Waals surface area (Å²) in [5, 5.41) is 0.886. The lowest BCUT2D eigenvalue weighted by Gasteiger charge is -2.24. The third kappa shape index (κ3) is 4.58. The van der Waals surface area contributed by atoms with E-state index in [-0.39, 0.29) is 5.91 Å². The first-order valence-corrected chi connectivity index (χ1v) is 6.87. The number of benzene rings is 1. The van der Waals surface area contributed by atoms with Gasteiger partial charge >= 0.3 is 0 Å². The van der Waals surface area contributed by atoms with Crippen molar-refractivity contribution in [1.82, 2.24) is 4.90 Å². The van der Waals surface area contributed by atoms with E-state index in [9.17, 15) is 4.79 Å². The first kappa shape index (κ1) is 16.6. The van der Waals surface area contributed by atoms with E-state index >= 15 is 0 Å². The normalized spacial score (nSPS) is 11.6. The molecule has 1 rings (SSSR count). The molecule has 20 heavy (non-hydrogen) atoms. The highest BCUT2D eigenvalue weighted by Gasteiger charge is 2.21. The number of hydrogen-bond donors (Lipinski definition) is 0. The standard InChI is InChI=1S/C15H17Cl2NO2/c1-4-8-18(9-5-2)15(19)11(3)20-14-7-6-12(16)10-13(14)17/h4-7,10-11H,1-2,8-9H2,3H3/t11-/m1/s1. The molecule has 0 saturated heterocycles. The van der Waals surface area contributed by atoms with Gasteiger partial charge in [-0.3, -0.25) is 4.79 Å². The van der Waals surface area contributed by atoms with E-state index in [1.54, 1.807) is 42.2 Å². The number of halogens is 2. The predicted molar refractivity (Wildman–Crippen MR) is 83.5 cm³/mol. The Hall–Kier alpha value is -1.45. The maximum Gasteiger partial charge on any atom is 0.263 e. The molecule has 3 nitrogen and oxygen atoms in total. The van der Waals surface area contributed by atoms with Gasteiger partial charge in [0.15, 0.2) is 6.10 Å². The Bertz CT molecular complexity index is 493. The van der Waals surface area contributed by atoms with Crippen molar-refractivity contribution in [2.24, 2.45) is 0 Å². The smallest absolute Gasteiger partial charge is 0.263 e. The molecule has 0 fully saturated rings. The Balaban J connectivity index is 2.77. The van der Waals surface area contributed by atoms with Crippen molar-refractivity contribution in [3.8, 4) is 5.75 Å². The average molecular weight is 314 g/mol. The molecule has 5 heteroatoms. The Labute approximate surface area is 129 Å². The van der Waals surface area contributed by atoms with Crippen LogP contribution in [0.25, 0.3) is 0 Å². The summed E-state index contributed by atoms with van der Waals surface area (Å²) in [5.41, 5.74) is 0. The van der Waals surface area contributed by atoms with Crippen molar-refractivity contribution >= 4 is 29.1 Å². The second-order valence-electron chi connectivity index (χ2n) is 4.16. The van der Waals surface area contributed by atoms with Gasteiger partial charge in [0.25, 0.3) is 5.91 Å². The molecule has 1 atom stereocenters. The highest BCUT2D eigenvalue weighted by Crippen LogP contribution is 2.28. The van der Waals surface area contributed by atoms with Gasteiger partial charge in [-0.05, 0) is 25.1 Å². The summed E-state index contributed by atoms with van der Waals surface area (Å²) in [4.78, 5) is 13.8. The SMILES string of the molecule is C=CCN(CC=C)C(=O)[C@@H](C)Oc1ccc(Cl)cc1Cl. The van der Waals surface area contributed by atoms with Crippen molar-refractivity contribution in [3.05, 3.63) is 53.6 Å². The predicted octanol–water partition coefficient (Wildman–Crippen LogP) is 3.96. The number of carbonyl (C=O) groups excluding carboxylic acids is 1. The van der Waals surface area contributed by atoms with Gasteiger partial charge in [0, 0.05) is 18.1 Å². The zero-order chi connectivity index (χ0) is 15.1. The summed E-state index contributed by atoms with van der Waals surface area (Å²) in [6.45, 7) is 9.80. The third-order valence-corrected chi connectivity index (χ3v) is 3.09. The minimum Gasteiger partial charge on any atom is -0.479 e. The Kier molecular flexibility index (Phi) is 6.62. The molecule has 1 aromatic carbocycles. The van der Waals surface area contributed by atoms with Crippen LogP contribution >= 0.6 is 23.2 Å². The van der Waals surface area contributed by atoms with Gasteiger partial charge < -0.3 is 9.64 Å². The molecule has 1 amide bonds. The van der Waals surface area contributed by atoms with Crippen molar-refractivity contribution in [2.45, 2.75) is 13.0 Å². The van der Waals surface area contributed by atoms with Gasteiger partial charge in [-0.15, -0.1) is 13.2 Å². The first-order valence-electron chi connectivity index (χ1n) is 6.12. The summed E-state index contributed by atoms with van der Waals surface area (Å²) in [5.74, 6) is 0.268. The molecule has 108 valence electrons. The summed E-state index contributed by atoms with van der Waals surface area (Å²) in [6, 6.07) is 4.87. The average Bonchev–Trinajstić information content (AvgIpc) is 2.40. The van der Waals surface area contributed by atoms with Gasteiger partial charge in [-0.25, -0.2) is 0 Å². The quantitative estimate of drug-likeness (QED) is 0.713. The lowest BCUT2D eigenvalue weighted by Crippen LogP contribution is -2.40. The number of nitrogens with zero attached hydrogens (tertiary/aromatic N) is 1. The maximum atomic E-state index is 12.2. The van der Waals surface area contributed by atoms with Gasteiger partial charge in [0.1, 0.15) is 5.75 Å². The largest absolute Gasteiger partial charge is 0.479 e. The summed E-state index contributed by atoms with van der Waals surface area (Å²) < 4.78 is 5.59. The van der Waals surface area contributed by atoms with Crippen LogP contribution in [0.4, 0.5) is 0 Å². The minimum absolute atomic E-state index is 0.157. The molecule has 0 aromatic heterocycles. The van der Waals surface area contributed by atoms with Crippen LogP contribution in [0.1, 0.15) is 6.92 Å². The van der Waals surface area contributed by atoms with Crippen molar-refractivity contribution in [2.75, 3.05) is 13.1 Å². The fraction of sp³-hybridized carbons (Fsp3) is 0.267. The number of hydrogen-bond acceptors (Lipinski definition) is 2. The first-order chi connectivity index (χ1) is 9.49. The molecule has 0 aliphatic rings. The van der Waals surface area contributed by atoms with E-state index in [0.717, 1.165) is 0 Å². The van der Waals surface area contributed by atoms with E-state index in [1.807, 2.05) is 0 Å². The summed E-state index contributed by atoms with van der Waals surface area (Å²) >= 11 is 11.8. The molecule has 0 radical (unpaired) electrons. The molecule has 0 bridgehead atoms. The van der Waals surface area contributed by atoms with Crippen LogP contribution in [0, 0.1) is 0 Å². The van der Waals surface area contributed by atoms with E-state index in [1.165, 1.54) is 0 Å². The molecule has 0 aliphatic carbocycles. The Morgan fingerprint density at radius 1 is 1.35 bits per heavy atom. The van der Waals surface area contributed by atoms with Crippen molar-refractivity contribution in [1.29, 1.82) is 0 Å². The Morgan fingerprint density at radius 2 is 1.95 bits per heavy atom. The topological polar surface area (TPSA) is 29.5 Å². The highest BCUT2D eigenvalue weighted by molar-refractivity contribution is 6.35. The van der Waals surface area contributed by atoms with E-state index in [2.05, 4.69) is 13.2 Å². The van der Waals surface area contributed by atoms with Crippen LogP contribution < -0.4 is 4.74 Å². The lowest BCUT2D eigenvalue weighted by atomic mass is 10.3. The fourth-order valence-corrected chi connectivity index (χ4v) is 2.09. The van der Waals surface area contributed by atoms with Crippen molar-refractivity contribution < 1.29 is 9.53 Å². The zero-order valence-corrected chi connectivity index (χ0v) is 12.8. The minimum atomic E-state index is -0.659. The second kappa shape index (κ2) is 7.98. The molecule has 0 saturated carbocycles. The number of ether oxygens (including phenoxy) is 1. The van der Waals surface area contributed by atoms with Gasteiger partial charge in [-0.1, -0.05) is 35.4 Å². The van der Waals surface area contributed by atoms with Gasteiger partial charge in [0.2, 0.25) is 0 Å². The molecular weight excluding hydrogens is 297 g/mol. The number of carbonyl (C=O) groups is 1. The molecule has 0 unspecified atom stereocenters. The molecule has 0 spiro atoms. The van der Waals surface area contributed by atoms with E-state index < -0.39 is 6.10 Å². The molecule has 0 N–H and O–H groups in total. The fourth-order valence-electron chi connectivity index (χ4n) is 1.63. The van der Waals surface area contributed by atoms with Crippen LogP contribution in [0.3, 0.4) is 0 Å². The van der Waals surface area contributed by atoms with Gasteiger partial charge in [0.05, 0.1) is 5.02 Å². The number of rotatable bonds is 7. The zero-order valence-electron chi connectivity index (χ0n) is 11.3. The molecular formula is C15H17Cl2NO2. The molecule has 1 aromatic rings. The monoisotopic (exact) mass is 313 g/mol. The van der Waals surface area contributed by atoms with E-state index in [4.69, 9.17) is 27.9 Å². The van der Waals surface area contributed by atoms with Gasteiger partial charge in [-0.2, -0.15) is 0 Å². The second-order valence-corrected chi connectivity index (χ2v) is 5.00. The van der Waals surface area contributed by atoms with Crippen LogP contribution in [0.5, 0.6) is 5.75 Å². The van der Waals surface area contributed by atoms with Crippen LogP contribution in [-0.2, 0) is 4.79 Å². The maximum absolute atomic E-state index is 12.2. The highest BCUT2D eigenvalue weighted by atomic mass is 35.5. The lowest BCUT2D eigenvalue weighted by molar-refractivity contribution is -0.136. The molecule has 0 aliphatic heterocycles.